The summed E-state index contributed by atoms with van der Waals surface area (Å²) in [5, 5.41) is 2.94. The number of methoxy groups -OCH3 is 1. The van der Waals surface area contributed by atoms with Gasteiger partial charge in [-0.05, 0) is 56.4 Å². The summed E-state index contributed by atoms with van der Waals surface area (Å²) >= 11 is 0. The molecule has 2 rings (SSSR count). The lowest BCUT2D eigenvalue weighted by molar-refractivity contribution is -0.144. The molecule has 1 fully saturated rings. The Labute approximate surface area is 148 Å². The Bertz CT molecular complexity index is 640. The number of nitrogens with one attached hydrogen (secondary N) is 1. The van der Waals surface area contributed by atoms with Crippen molar-refractivity contribution in [1.29, 1.82) is 0 Å². The molecule has 0 saturated heterocycles. The first-order valence-corrected chi connectivity index (χ1v) is 8.47. The molecule has 0 spiro atoms. The molecule has 0 radical (unpaired) electrons. The Morgan fingerprint density at radius 2 is 1.80 bits per heavy atom. The van der Waals surface area contributed by atoms with Crippen LogP contribution in [0.4, 0.5) is 0 Å². The lowest BCUT2D eigenvalue weighted by atomic mass is 9.92. The van der Waals surface area contributed by atoms with E-state index in [4.69, 9.17) is 9.47 Å². The Hall–Kier alpha value is -2.56. The summed E-state index contributed by atoms with van der Waals surface area (Å²) in [6.45, 7) is 5.33. The third-order valence-corrected chi connectivity index (χ3v) is 4.21. The number of benzene rings is 1. The molecular formula is C20H25NO4. The van der Waals surface area contributed by atoms with Crippen molar-refractivity contribution in [3.63, 3.8) is 0 Å². The SMILES string of the molecule is C=C(C)C(=O)NC1CCC(OC(=O)/C=C/c2ccc(OC)cc2)CC1. The Kier molecular flexibility index (Phi) is 6.81. The molecule has 1 aliphatic carbocycles. The largest absolute Gasteiger partial charge is 0.497 e. The van der Waals surface area contributed by atoms with E-state index < -0.39 is 0 Å². The van der Waals surface area contributed by atoms with Gasteiger partial charge in [0.2, 0.25) is 5.91 Å². The molecule has 134 valence electrons. The highest BCUT2D eigenvalue weighted by Crippen LogP contribution is 2.22. The van der Waals surface area contributed by atoms with Gasteiger partial charge in [-0.3, -0.25) is 4.79 Å². The average Bonchev–Trinajstić information content (AvgIpc) is 2.62. The van der Waals surface area contributed by atoms with Gasteiger partial charge in [0.15, 0.2) is 0 Å². The van der Waals surface area contributed by atoms with E-state index in [0.29, 0.717) is 5.57 Å². The van der Waals surface area contributed by atoms with Gasteiger partial charge in [0.25, 0.3) is 0 Å². The molecule has 0 bridgehead atoms. The molecule has 1 amide bonds. The number of ether oxygens (including phenoxy) is 2. The summed E-state index contributed by atoms with van der Waals surface area (Å²) in [5.41, 5.74) is 1.42. The van der Waals surface area contributed by atoms with Crippen LogP contribution in [0.2, 0.25) is 0 Å². The summed E-state index contributed by atoms with van der Waals surface area (Å²) in [7, 11) is 1.61. The Morgan fingerprint density at radius 1 is 1.16 bits per heavy atom. The minimum Gasteiger partial charge on any atom is -0.497 e. The van der Waals surface area contributed by atoms with Gasteiger partial charge in [0, 0.05) is 17.7 Å². The third-order valence-electron chi connectivity index (χ3n) is 4.21. The maximum atomic E-state index is 11.9. The predicted octanol–water partition coefficient (Wildman–Crippen LogP) is 3.26. The van der Waals surface area contributed by atoms with Crippen molar-refractivity contribution >= 4 is 18.0 Å². The Balaban J connectivity index is 1.75. The van der Waals surface area contributed by atoms with E-state index in [9.17, 15) is 9.59 Å². The van der Waals surface area contributed by atoms with Gasteiger partial charge in [-0.1, -0.05) is 18.7 Å². The fourth-order valence-electron chi connectivity index (χ4n) is 2.72. The summed E-state index contributed by atoms with van der Waals surface area (Å²) in [6, 6.07) is 7.56. The van der Waals surface area contributed by atoms with Gasteiger partial charge in [-0.2, -0.15) is 0 Å². The van der Waals surface area contributed by atoms with E-state index in [0.717, 1.165) is 37.0 Å². The topological polar surface area (TPSA) is 64.6 Å². The number of hydrogen-bond donors (Lipinski definition) is 1. The summed E-state index contributed by atoms with van der Waals surface area (Å²) in [4.78, 5) is 23.6. The number of amides is 1. The molecule has 0 unspecified atom stereocenters. The van der Waals surface area contributed by atoms with Crippen LogP contribution >= 0.6 is 0 Å². The number of rotatable bonds is 6. The molecular weight excluding hydrogens is 318 g/mol. The molecule has 25 heavy (non-hydrogen) atoms. The van der Waals surface area contributed by atoms with Crippen LogP contribution in [0, 0.1) is 0 Å². The second-order valence-electron chi connectivity index (χ2n) is 6.27. The Morgan fingerprint density at radius 3 is 2.36 bits per heavy atom. The van der Waals surface area contributed by atoms with E-state index in [2.05, 4.69) is 11.9 Å². The standard InChI is InChI=1S/C20H25NO4/c1-14(2)20(23)21-16-7-11-18(12-8-16)25-19(22)13-6-15-4-9-17(24-3)10-5-15/h4-6,9-10,13,16,18H,1,7-8,11-12H2,2-3H3,(H,21,23)/b13-6+. The van der Waals surface area contributed by atoms with Crippen molar-refractivity contribution in [3.8, 4) is 5.75 Å². The van der Waals surface area contributed by atoms with Crippen LogP contribution < -0.4 is 10.1 Å². The van der Waals surface area contributed by atoms with Gasteiger partial charge in [-0.25, -0.2) is 4.79 Å². The maximum absolute atomic E-state index is 11.9. The number of hydrogen-bond acceptors (Lipinski definition) is 4. The van der Waals surface area contributed by atoms with E-state index in [1.165, 1.54) is 6.08 Å². The van der Waals surface area contributed by atoms with Crippen molar-refractivity contribution in [2.45, 2.75) is 44.8 Å². The smallest absolute Gasteiger partial charge is 0.331 e. The lowest BCUT2D eigenvalue weighted by Gasteiger charge is -2.28. The molecule has 1 aromatic rings. The second-order valence-corrected chi connectivity index (χ2v) is 6.27. The monoisotopic (exact) mass is 343 g/mol. The first-order chi connectivity index (χ1) is 12.0. The van der Waals surface area contributed by atoms with Gasteiger partial charge < -0.3 is 14.8 Å². The molecule has 5 nitrogen and oxygen atoms in total. The summed E-state index contributed by atoms with van der Waals surface area (Å²) in [6.07, 6.45) is 6.19. The minimum absolute atomic E-state index is 0.0917. The number of carbonyl (C=O) groups excluding carboxylic acids is 2. The fraction of sp³-hybridized carbons (Fsp3) is 0.400. The average molecular weight is 343 g/mol. The van der Waals surface area contributed by atoms with Gasteiger partial charge in [-0.15, -0.1) is 0 Å². The molecule has 1 aliphatic rings. The molecule has 0 aromatic heterocycles. The molecule has 5 heteroatoms. The van der Waals surface area contributed by atoms with Crippen LogP contribution in [-0.4, -0.2) is 31.1 Å². The van der Waals surface area contributed by atoms with Crippen LogP contribution in [0.15, 0.2) is 42.5 Å². The first kappa shape index (κ1) is 18.8. The normalized spacial score (nSPS) is 20.1. The molecule has 0 heterocycles. The van der Waals surface area contributed by atoms with Crippen LogP contribution in [0.25, 0.3) is 6.08 Å². The predicted molar refractivity (Wildman–Crippen MR) is 97.1 cm³/mol. The third kappa shape index (κ3) is 6.10. The minimum atomic E-state index is -0.342. The van der Waals surface area contributed by atoms with Crippen LogP contribution in [0.1, 0.15) is 38.2 Å². The highest BCUT2D eigenvalue weighted by atomic mass is 16.5. The van der Waals surface area contributed by atoms with Crippen LogP contribution in [0.3, 0.4) is 0 Å². The van der Waals surface area contributed by atoms with Crippen molar-refractivity contribution in [1.82, 2.24) is 5.32 Å². The second kappa shape index (κ2) is 9.06. The van der Waals surface area contributed by atoms with Crippen LogP contribution in [0.5, 0.6) is 5.75 Å². The quantitative estimate of drug-likeness (QED) is 0.636. The van der Waals surface area contributed by atoms with Gasteiger partial charge in [0.05, 0.1) is 7.11 Å². The zero-order valence-corrected chi connectivity index (χ0v) is 14.8. The van der Waals surface area contributed by atoms with Crippen molar-refractivity contribution in [2.75, 3.05) is 7.11 Å². The van der Waals surface area contributed by atoms with E-state index in [1.807, 2.05) is 24.3 Å². The summed E-state index contributed by atoms with van der Waals surface area (Å²) < 4.78 is 10.6. The van der Waals surface area contributed by atoms with Crippen molar-refractivity contribution in [2.24, 2.45) is 0 Å². The van der Waals surface area contributed by atoms with E-state index >= 15 is 0 Å². The maximum Gasteiger partial charge on any atom is 0.331 e. The van der Waals surface area contributed by atoms with Crippen molar-refractivity contribution in [3.05, 3.63) is 48.1 Å². The molecule has 1 aromatic carbocycles. The van der Waals surface area contributed by atoms with Crippen molar-refractivity contribution < 1.29 is 19.1 Å². The number of esters is 1. The zero-order chi connectivity index (χ0) is 18.2. The molecule has 1 saturated carbocycles. The number of carbonyl (C=O) groups is 2. The zero-order valence-electron chi connectivity index (χ0n) is 14.8. The molecule has 0 atom stereocenters. The summed E-state index contributed by atoms with van der Waals surface area (Å²) in [5.74, 6) is 0.323. The highest BCUT2D eigenvalue weighted by Gasteiger charge is 2.24. The highest BCUT2D eigenvalue weighted by molar-refractivity contribution is 5.92. The first-order valence-electron chi connectivity index (χ1n) is 8.47. The van der Waals surface area contributed by atoms with Crippen LogP contribution in [-0.2, 0) is 14.3 Å². The fourth-order valence-corrected chi connectivity index (χ4v) is 2.72. The van der Waals surface area contributed by atoms with Gasteiger partial charge >= 0.3 is 5.97 Å². The van der Waals surface area contributed by atoms with E-state index in [-0.39, 0.29) is 24.0 Å². The molecule has 1 N–H and O–H groups in total. The van der Waals surface area contributed by atoms with E-state index in [1.54, 1.807) is 20.1 Å². The molecule has 0 aliphatic heterocycles. The van der Waals surface area contributed by atoms with Gasteiger partial charge in [0.1, 0.15) is 11.9 Å². The lowest BCUT2D eigenvalue weighted by Crippen LogP contribution is -2.39.